The van der Waals surface area contributed by atoms with Crippen LogP contribution in [0.3, 0.4) is 0 Å². The van der Waals surface area contributed by atoms with Crippen LogP contribution < -0.4 is 10.6 Å². The van der Waals surface area contributed by atoms with Crippen LogP contribution in [-0.4, -0.2) is 43.4 Å². The zero-order valence-electron chi connectivity index (χ0n) is 14.4. The first-order valence-electron chi connectivity index (χ1n) is 8.46. The van der Waals surface area contributed by atoms with Crippen molar-refractivity contribution in [1.82, 2.24) is 10.2 Å². The molecule has 1 fully saturated rings. The lowest BCUT2D eigenvalue weighted by Crippen LogP contribution is -2.47. The van der Waals surface area contributed by atoms with Gasteiger partial charge in [-0.15, -0.1) is 0 Å². The Hall–Kier alpha value is -2.04. The van der Waals surface area contributed by atoms with Crippen LogP contribution in [-0.2, 0) is 11.2 Å². The average molecular weight is 316 g/mol. The van der Waals surface area contributed by atoms with Crippen molar-refractivity contribution in [3.63, 3.8) is 0 Å². The van der Waals surface area contributed by atoms with Crippen molar-refractivity contribution in [3.05, 3.63) is 29.8 Å². The molecule has 0 saturated carbocycles. The normalized spacial score (nSPS) is 16.3. The standard InChI is InChI=1S/C18H28N4O/c1-4-15-6-5-7-16(12-15)21-17(23)13-20-18(19-3)22-10-8-14(2)9-11-22/h5-7,12,14H,4,8-11,13H2,1-3H3,(H,19,20)(H,21,23). The van der Waals surface area contributed by atoms with Gasteiger partial charge in [-0.25, -0.2) is 0 Å². The van der Waals surface area contributed by atoms with E-state index in [2.05, 4.69) is 40.4 Å². The van der Waals surface area contributed by atoms with Gasteiger partial charge in [0, 0.05) is 25.8 Å². The summed E-state index contributed by atoms with van der Waals surface area (Å²) in [7, 11) is 1.77. The molecule has 126 valence electrons. The lowest BCUT2D eigenvalue weighted by molar-refractivity contribution is -0.115. The first kappa shape index (κ1) is 17.3. The summed E-state index contributed by atoms with van der Waals surface area (Å²) in [5.74, 6) is 1.54. The summed E-state index contributed by atoms with van der Waals surface area (Å²) in [6.45, 7) is 6.62. The minimum absolute atomic E-state index is 0.0511. The van der Waals surface area contributed by atoms with Gasteiger partial charge >= 0.3 is 0 Å². The molecule has 5 nitrogen and oxygen atoms in total. The number of nitrogens with zero attached hydrogens (tertiary/aromatic N) is 2. The smallest absolute Gasteiger partial charge is 0.243 e. The van der Waals surface area contributed by atoms with Gasteiger partial charge < -0.3 is 15.5 Å². The van der Waals surface area contributed by atoms with Crippen molar-refractivity contribution in [2.24, 2.45) is 10.9 Å². The van der Waals surface area contributed by atoms with Crippen molar-refractivity contribution in [3.8, 4) is 0 Å². The molecule has 1 aromatic rings. The number of likely N-dealkylation sites (tertiary alicyclic amines) is 1. The second-order valence-electron chi connectivity index (χ2n) is 6.17. The third-order valence-corrected chi connectivity index (χ3v) is 4.32. The van der Waals surface area contributed by atoms with Gasteiger partial charge in [-0.1, -0.05) is 26.0 Å². The second kappa shape index (κ2) is 8.56. The predicted octanol–water partition coefficient (Wildman–Crippen LogP) is 2.49. The van der Waals surface area contributed by atoms with Crippen LogP contribution in [0.1, 0.15) is 32.3 Å². The molecule has 0 spiro atoms. The lowest BCUT2D eigenvalue weighted by atomic mass is 10.00. The van der Waals surface area contributed by atoms with E-state index in [1.165, 1.54) is 18.4 Å². The second-order valence-corrected chi connectivity index (χ2v) is 6.17. The number of aliphatic imine (C=N–C) groups is 1. The molecule has 1 saturated heterocycles. The summed E-state index contributed by atoms with van der Waals surface area (Å²) >= 11 is 0. The van der Waals surface area contributed by atoms with Crippen molar-refractivity contribution in [2.45, 2.75) is 33.1 Å². The Bertz CT molecular complexity index is 548. The summed E-state index contributed by atoms with van der Waals surface area (Å²) in [5, 5.41) is 6.10. The van der Waals surface area contributed by atoms with E-state index in [4.69, 9.17) is 0 Å². The highest BCUT2D eigenvalue weighted by Gasteiger charge is 2.18. The molecule has 1 aliphatic heterocycles. The molecule has 0 radical (unpaired) electrons. The van der Waals surface area contributed by atoms with Gasteiger partial charge in [0.05, 0.1) is 6.54 Å². The number of benzene rings is 1. The summed E-state index contributed by atoms with van der Waals surface area (Å²) in [6.07, 6.45) is 3.31. The Morgan fingerprint density at radius 2 is 2.09 bits per heavy atom. The number of anilines is 1. The highest BCUT2D eigenvalue weighted by Crippen LogP contribution is 2.15. The molecule has 0 bridgehead atoms. The van der Waals surface area contributed by atoms with E-state index < -0.39 is 0 Å². The molecule has 0 aliphatic carbocycles. The van der Waals surface area contributed by atoms with E-state index in [1.807, 2.05) is 18.2 Å². The van der Waals surface area contributed by atoms with Gasteiger partial charge in [-0.3, -0.25) is 9.79 Å². The molecule has 2 rings (SSSR count). The number of carbonyl (C=O) groups is 1. The Morgan fingerprint density at radius 1 is 1.35 bits per heavy atom. The number of hydrogen-bond donors (Lipinski definition) is 2. The average Bonchev–Trinajstić information content (AvgIpc) is 2.57. The van der Waals surface area contributed by atoms with E-state index in [1.54, 1.807) is 7.05 Å². The summed E-state index contributed by atoms with van der Waals surface area (Å²) in [4.78, 5) is 18.6. The maximum atomic E-state index is 12.1. The Balaban J connectivity index is 1.82. The molecule has 5 heteroatoms. The number of amides is 1. The maximum absolute atomic E-state index is 12.1. The Kier molecular flexibility index (Phi) is 6.44. The van der Waals surface area contributed by atoms with Crippen molar-refractivity contribution < 1.29 is 4.79 Å². The summed E-state index contributed by atoms with van der Waals surface area (Å²) < 4.78 is 0. The fourth-order valence-corrected chi connectivity index (χ4v) is 2.79. The third-order valence-electron chi connectivity index (χ3n) is 4.32. The monoisotopic (exact) mass is 316 g/mol. The fourth-order valence-electron chi connectivity index (χ4n) is 2.79. The van der Waals surface area contributed by atoms with Gasteiger partial charge in [-0.2, -0.15) is 0 Å². The first-order valence-corrected chi connectivity index (χ1v) is 8.46. The Labute approximate surface area is 139 Å². The van der Waals surface area contributed by atoms with Gasteiger partial charge in [0.2, 0.25) is 5.91 Å². The number of carbonyl (C=O) groups excluding carboxylic acids is 1. The van der Waals surface area contributed by atoms with Crippen LogP contribution >= 0.6 is 0 Å². The zero-order valence-corrected chi connectivity index (χ0v) is 14.4. The quantitative estimate of drug-likeness (QED) is 0.663. The van der Waals surface area contributed by atoms with E-state index >= 15 is 0 Å². The third kappa shape index (κ3) is 5.27. The molecule has 1 aliphatic rings. The van der Waals surface area contributed by atoms with Crippen molar-refractivity contribution in [1.29, 1.82) is 0 Å². The molecule has 1 aromatic carbocycles. The number of nitrogens with one attached hydrogen (secondary N) is 2. The van der Waals surface area contributed by atoms with Gasteiger partial charge in [0.25, 0.3) is 0 Å². The molecule has 0 atom stereocenters. The Morgan fingerprint density at radius 3 is 2.74 bits per heavy atom. The SMILES string of the molecule is CCc1cccc(NC(=O)CNC(=NC)N2CCC(C)CC2)c1. The summed E-state index contributed by atoms with van der Waals surface area (Å²) in [6, 6.07) is 7.96. The zero-order chi connectivity index (χ0) is 16.7. The van der Waals surface area contributed by atoms with E-state index in [9.17, 15) is 4.79 Å². The van der Waals surface area contributed by atoms with Crippen LogP contribution in [0.25, 0.3) is 0 Å². The van der Waals surface area contributed by atoms with Crippen LogP contribution in [0, 0.1) is 5.92 Å². The topological polar surface area (TPSA) is 56.7 Å². The minimum Gasteiger partial charge on any atom is -0.347 e. The number of guanidine groups is 1. The van der Waals surface area contributed by atoms with Gasteiger partial charge in [-0.05, 0) is 42.9 Å². The number of piperidine rings is 1. The first-order chi connectivity index (χ1) is 11.1. The lowest BCUT2D eigenvalue weighted by Gasteiger charge is -2.32. The molecule has 2 N–H and O–H groups in total. The van der Waals surface area contributed by atoms with Crippen LogP contribution in [0.15, 0.2) is 29.3 Å². The number of hydrogen-bond acceptors (Lipinski definition) is 2. The van der Waals surface area contributed by atoms with Crippen LogP contribution in [0.4, 0.5) is 5.69 Å². The molecule has 1 amide bonds. The summed E-state index contributed by atoms with van der Waals surface area (Å²) in [5.41, 5.74) is 2.06. The largest absolute Gasteiger partial charge is 0.347 e. The van der Waals surface area contributed by atoms with Crippen LogP contribution in [0.5, 0.6) is 0 Å². The number of aryl methyl sites for hydroxylation is 1. The molecule has 1 heterocycles. The van der Waals surface area contributed by atoms with Gasteiger partial charge in [0.1, 0.15) is 0 Å². The molecule has 0 unspecified atom stereocenters. The van der Waals surface area contributed by atoms with Crippen molar-refractivity contribution in [2.75, 3.05) is 32.0 Å². The number of rotatable bonds is 4. The molecular formula is C18H28N4O. The van der Waals surface area contributed by atoms with Crippen molar-refractivity contribution >= 4 is 17.6 Å². The van der Waals surface area contributed by atoms with E-state index in [0.717, 1.165) is 37.1 Å². The fraction of sp³-hybridized carbons (Fsp3) is 0.556. The maximum Gasteiger partial charge on any atom is 0.243 e. The van der Waals surface area contributed by atoms with Gasteiger partial charge in [0.15, 0.2) is 5.96 Å². The van der Waals surface area contributed by atoms with E-state index in [0.29, 0.717) is 0 Å². The predicted molar refractivity (Wildman–Crippen MR) is 95.8 cm³/mol. The molecule has 0 aromatic heterocycles. The van der Waals surface area contributed by atoms with Crippen LogP contribution in [0.2, 0.25) is 0 Å². The highest BCUT2D eigenvalue weighted by molar-refractivity contribution is 5.95. The highest BCUT2D eigenvalue weighted by atomic mass is 16.1. The molecule has 23 heavy (non-hydrogen) atoms. The van der Waals surface area contributed by atoms with E-state index in [-0.39, 0.29) is 12.5 Å². The molecular weight excluding hydrogens is 288 g/mol. The minimum atomic E-state index is -0.0511.